The van der Waals surface area contributed by atoms with Crippen molar-refractivity contribution in [2.24, 2.45) is 5.92 Å². The van der Waals surface area contributed by atoms with Crippen molar-refractivity contribution in [3.63, 3.8) is 0 Å². The van der Waals surface area contributed by atoms with E-state index in [2.05, 4.69) is 29.8 Å². The minimum atomic E-state index is -0.607. The third-order valence-electron chi connectivity index (χ3n) is 3.61. The molecule has 0 saturated carbocycles. The van der Waals surface area contributed by atoms with Crippen LogP contribution in [0, 0.1) is 5.92 Å². The van der Waals surface area contributed by atoms with E-state index in [1.807, 2.05) is 6.92 Å². The molecule has 6 heteroatoms. The van der Waals surface area contributed by atoms with Crippen molar-refractivity contribution in [2.75, 3.05) is 0 Å². The zero-order chi connectivity index (χ0) is 15.8. The number of nitrogens with one attached hydrogen (secondary N) is 3. The summed E-state index contributed by atoms with van der Waals surface area (Å²) in [6.07, 6.45) is 2.54. The summed E-state index contributed by atoms with van der Waals surface area (Å²) in [5.41, 5.74) is 0. The van der Waals surface area contributed by atoms with Gasteiger partial charge in [0.2, 0.25) is 5.91 Å². The van der Waals surface area contributed by atoms with Crippen LogP contribution >= 0.6 is 0 Å². The van der Waals surface area contributed by atoms with Crippen LogP contribution in [0.3, 0.4) is 0 Å². The third kappa shape index (κ3) is 5.89. The molecule has 1 heterocycles. The number of amides is 3. The fraction of sp³-hybridized carbons (Fsp3) is 0.600. The summed E-state index contributed by atoms with van der Waals surface area (Å²) in [6, 6.07) is 2.66. The lowest BCUT2D eigenvalue weighted by Gasteiger charge is -2.21. The summed E-state index contributed by atoms with van der Waals surface area (Å²) in [5, 5.41) is 8.17. The van der Waals surface area contributed by atoms with Crippen molar-refractivity contribution in [1.82, 2.24) is 16.0 Å². The Kier molecular flexibility index (Phi) is 6.78. The number of carbonyl (C=O) groups is 2. The molecular formula is C15H25N3O3. The molecule has 0 bridgehead atoms. The van der Waals surface area contributed by atoms with E-state index in [1.54, 1.807) is 25.3 Å². The number of carbonyl (C=O) groups excluding carboxylic acids is 2. The van der Waals surface area contributed by atoms with Crippen LogP contribution in [0.5, 0.6) is 0 Å². The van der Waals surface area contributed by atoms with Crippen molar-refractivity contribution in [3.05, 3.63) is 24.2 Å². The number of hydrogen-bond donors (Lipinski definition) is 3. The Hall–Kier alpha value is -1.98. The molecule has 1 aromatic rings. The molecule has 0 fully saturated rings. The van der Waals surface area contributed by atoms with Gasteiger partial charge >= 0.3 is 6.03 Å². The zero-order valence-electron chi connectivity index (χ0n) is 13.1. The molecule has 0 aliphatic carbocycles. The van der Waals surface area contributed by atoms with Gasteiger partial charge in [0.25, 0.3) is 0 Å². The van der Waals surface area contributed by atoms with Gasteiger partial charge in [-0.15, -0.1) is 0 Å². The first-order chi connectivity index (χ1) is 9.93. The van der Waals surface area contributed by atoms with Gasteiger partial charge in [0.05, 0.1) is 12.8 Å². The second kappa shape index (κ2) is 8.34. The highest BCUT2D eigenvalue weighted by molar-refractivity contribution is 5.86. The molecule has 0 aliphatic heterocycles. The van der Waals surface area contributed by atoms with E-state index in [9.17, 15) is 9.59 Å². The Morgan fingerprint density at radius 1 is 1.24 bits per heavy atom. The maximum atomic E-state index is 11.9. The minimum absolute atomic E-state index is 0.0633. The van der Waals surface area contributed by atoms with Crippen LogP contribution in [0.1, 0.15) is 39.9 Å². The Morgan fingerprint density at radius 2 is 1.95 bits per heavy atom. The number of hydrogen-bond acceptors (Lipinski definition) is 3. The molecule has 3 amide bonds. The molecular weight excluding hydrogens is 270 g/mol. The second-order valence-electron chi connectivity index (χ2n) is 5.31. The topological polar surface area (TPSA) is 83.4 Å². The average molecular weight is 295 g/mol. The van der Waals surface area contributed by atoms with Gasteiger partial charge in [-0.25, -0.2) is 4.79 Å². The molecule has 0 radical (unpaired) electrons. The predicted octanol–water partition coefficient (Wildman–Crippen LogP) is 2.02. The molecule has 1 rings (SSSR count). The van der Waals surface area contributed by atoms with E-state index in [0.717, 1.165) is 6.42 Å². The molecule has 0 aliphatic rings. The summed E-state index contributed by atoms with van der Waals surface area (Å²) < 4.78 is 5.12. The molecule has 6 nitrogen and oxygen atoms in total. The lowest BCUT2D eigenvalue weighted by Crippen LogP contribution is -2.51. The largest absolute Gasteiger partial charge is 0.467 e. The molecule has 3 atom stereocenters. The molecule has 0 saturated heterocycles. The summed E-state index contributed by atoms with van der Waals surface area (Å²) in [4.78, 5) is 23.7. The Balaban J connectivity index is 2.32. The predicted molar refractivity (Wildman–Crippen MR) is 80.6 cm³/mol. The van der Waals surface area contributed by atoms with Crippen LogP contribution in [0.4, 0.5) is 4.79 Å². The van der Waals surface area contributed by atoms with Crippen LogP contribution in [0.15, 0.2) is 22.8 Å². The van der Waals surface area contributed by atoms with Gasteiger partial charge in [-0.2, -0.15) is 0 Å². The van der Waals surface area contributed by atoms with E-state index < -0.39 is 6.04 Å². The first kappa shape index (κ1) is 17.1. The average Bonchev–Trinajstić information content (AvgIpc) is 2.96. The zero-order valence-corrected chi connectivity index (χ0v) is 13.1. The van der Waals surface area contributed by atoms with Gasteiger partial charge in [0, 0.05) is 6.04 Å². The van der Waals surface area contributed by atoms with Gasteiger partial charge in [-0.05, 0) is 31.9 Å². The van der Waals surface area contributed by atoms with Crippen LogP contribution in [0.2, 0.25) is 0 Å². The van der Waals surface area contributed by atoms with Gasteiger partial charge in [0.15, 0.2) is 0 Å². The quantitative estimate of drug-likeness (QED) is 0.719. The van der Waals surface area contributed by atoms with Crippen LogP contribution < -0.4 is 16.0 Å². The fourth-order valence-electron chi connectivity index (χ4n) is 1.75. The highest BCUT2D eigenvalue weighted by Crippen LogP contribution is 2.06. The Morgan fingerprint density at radius 3 is 2.52 bits per heavy atom. The second-order valence-corrected chi connectivity index (χ2v) is 5.31. The molecule has 118 valence electrons. The molecule has 21 heavy (non-hydrogen) atoms. The first-order valence-electron chi connectivity index (χ1n) is 7.31. The lowest BCUT2D eigenvalue weighted by atomic mass is 10.0. The van der Waals surface area contributed by atoms with Gasteiger partial charge in [-0.3, -0.25) is 4.79 Å². The number of urea groups is 1. The van der Waals surface area contributed by atoms with E-state index in [0.29, 0.717) is 18.2 Å². The van der Waals surface area contributed by atoms with Crippen molar-refractivity contribution >= 4 is 11.9 Å². The maximum Gasteiger partial charge on any atom is 0.315 e. The maximum absolute atomic E-state index is 11.9. The van der Waals surface area contributed by atoms with E-state index >= 15 is 0 Å². The van der Waals surface area contributed by atoms with Crippen molar-refractivity contribution < 1.29 is 14.0 Å². The van der Waals surface area contributed by atoms with Crippen molar-refractivity contribution in [1.29, 1.82) is 0 Å². The third-order valence-corrected chi connectivity index (χ3v) is 3.61. The lowest BCUT2D eigenvalue weighted by molar-refractivity contribution is -0.122. The highest BCUT2D eigenvalue weighted by Gasteiger charge is 2.18. The highest BCUT2D eigenvalue weighted by atomic mass is 16.3. The van der Waals surface area contributed by atoms with E-state index in [1.165, 1.54) is 0 Å². The Labute approximate surface area is 125 Å². The molecule has 0 aromatic carbocycles. The van der Waals surface area contributed by atoms with Crippen LogP contribution in [-0.2, 0) is 11.3 Å². The standard InChI is InChI=1S/C15H25N3O3/c1-5-10(2)11(3)17-15(20)18-12(4)14(19)16-9-13-7-6-8-21-13/h6-8,10-12H,5,9H2,1-4H3,(H,16,19)(H2,17,18,20)/t10-,11-,12-/m0/s1. The Bertz CT molecular complexity index is 445. The SMILES string of the molecule is CC[C@H](C)[C@H](C)NC(=O)N[C@@H](C)C(=O)NCc1ccco1. The first-order valence-corrected chi connectivity index (χ1v) is 7.31. The number of rotatable bonds is 7. The van der Waals surface area contributed by atoms with Gasteiger partial charge < -0.3 is 20.4 Å². The summed E-state index contributed by atoms with van der Waals surface area (Å²) >= 11 is 0. The monoisotopic (exact) mass is 295 g/mol. The molecule has 3 N–H and O–H groups in total. The number of furan rings is 1. The smallest absolute Gasteiger partial charge is 0.315 e. The normalized spacial score (nSPS) is 14.9. The van der Waals surface area contributed by atoms with Crippen LogP contribution in [0.25, 0.3) is 0 Å². The minimum Gasteiger partial charge on any atom is -0.467 e. The molecule has 0 spiro atoms. The van der Waals surface area contributed by atoms with E-state index in [4.69, 9.17) is 4.42 Å². The van der Waals surface area contributed by atoms with Crippen LogP contribution in [-0.4, -0.2) is 24.0 Å². The molecule has 1 aromatic heterocycles. The van der Waals surface area contributed by atoms with Crippen molar-refractivity contribution in [3.8, 4) is 0 Å². The molecule has 0 unspecified atom stereocenters. The summed E-state index contributed by atoms with van der Waals surface area (Å²) in [6.45, 7) is 8.05. The van der Waals surface area contributed by atoms with Gasteiger partial charge in [0.1, 0.15) is 11.8 Å². The van der Waals surface area contributed by atoms with Gasteiger partial charge in [-0.1, -0.05) is 20.3 Å². The van der Waals surface area contributed by atoms with Crippen molar-refractivity contribution in [2.45, 2.75) is 52.7 Å². The summed E-state index contributed by atoms with van der Waals surface area (Å²) in [5.74, 6) is 0.807. The van der Waals surface area contributed by atoms with E-state index in [-0.39, 0.29) is 18.0 Å². The fourth-order valence-corrected chi connectivity index (χ4v) is 1.75. The summed E-state index contributed by atoms with van der Waals surface area (Å²) in [7, 11) is 0.